The molecule has 0 atom stereocenters. The molecule has 0 aliphatic carbocycles. The van der Waals surface area contributed by atoms with Crippen molar-refractivity contribution in [3.63, 3.8) is 0 Å². The van der Waals surface area contributed by atoms with E-state index in [1.807, 2.05) is 6.07 Å². The lowest BCUT2D eigenvalue weighted by molar-refractivity contribution is -0.143. The Kier molecular flexibility index (Phi) is 6.99. The first-order valence-electron chi connectivity index (χ1n) is 12.1. The molecule has 2 N–H and O–H groups in total. The topological polar surface area (TPSA) is 111 Å². The fourth-order valence-electron chi connectivity index (χ4n) is 4.21. The molecule has 3 aromatic carbocycles. The van der Waals surface area contributed by atoms with Crippen molar-refractivity contribution >= 4 is 28.5 Å². The SMILES string of the molecule is CCOC(=O)c1n[nH]c2cc(-c3ccc(NC(=O)c4cnn(-c5ccc(OC)cc5)c4C(F)(F)F)cc3)ccc12. The van der Waals surface area contributed by atoms with Crippen molar-refractivity contribution in [1.82, 2.24) is 20.0 Å². The Bertz CT molecular complexity index is 1690. The molecule has 0 spiro atoms. The summed E-state index contributed by atoms with van der Waals surface area (Å²) >= 11 is 0. The maximum absolute atomic E-state index is 14.0. The number of amides is 1. The van der Waals surface area contributed by atoms with Gasteiger partial charge < -0.3 is 14.8 Å². The number of carbonyl (C=O) groups excluding carboxylic acids is 2. The summed E-state index contributed by atoms with van der Waals surface area (Å²) in [5.41, 5.74) is 1.00. The van der Waals surface area contributed by atoms with E-state index >= 15 is 0 Å². The number of benzene rings is 3. The van der Waals surface area contributed by atoms with Gasteiger partial charge in [-0.15, -0.1) is 0 Å². The molecular weight excluding hydrogens is 527 g/mol. The van der Waals surface area contributed by atoms with Crippen LogP contribution in [0.25, 0.3) is 27.7 Å². The quantitative estimate of drug-likeness (QED) is 0.246. The number of anilines is 1. The van der Waals surface area contributed by atoms with E-state index in [0.29, 0.717) is 27.0 Å². The lowest BCUT2D eigenvalue weighted by Gasteiger charge is -2.13. The van der Waals surface area contributed by atoms with E-state index in [1.165, 1.54) is 31.4 Å². The zero-order chi connectivity index (χ0) is 28.4. The number of aromatic amines is 1. The van der Waals surface area contributed by atoms with Crippen LogP contribution < -0.4 is 10.1 Å². The third-order valence-electron chi connectivity index (χ3n) is 6.11. The molecule has 0 radical (unpaired) electrons. The van der Waals surface area contributed by atoms with Crippen LogP contribution in [0.4, 0.5) is 18.9 Å². The van der Waals surface area contributed by atoms with Crippen LogP contribution in [0.3, 0.4) is 0 Å². The predicted molar refractivity (Wildman–Crippen MR) is 141 cm³/mol. The summed E-state index contributed by atoms with van der Waals surface area (Å²) in [4.78, 5) is 25.0. The molecule has 5 rings (SSSR count). The minimum absolute atomic E-state index is 0.125. The normalized spacial score (nSPS) is 11.4. The Morgan fingerprint density at radius 2 is 1.70 bits per heavy atom. The summed E-state index contributed by atoms with van der Waals surface area (Å²) in [5, 5.41) is 13.8. The highest BCUT2D eigenvalue weighted by Gasteiger charge is 2.40. The first kappa shape index (κ1) is 26.5. The molecule has 0 aliphatic heterocycles. The van der Waals surface area contributed by atoms with E-state index in [2.05, 4.69) is 20.6 Å². The van der Waals surface area contributed by atoms with E-state index in [9.17, 15) is 22.8 Å². The molecule has 1 amide bonds. The number of nitrogens with zero attached hydrogens (tertiary/aromatic N) is 3. The van der Waals surface area contributed by atoms with E-state index in [1.54, 1.807) is 43.3 Å². The molecule has 40 heavy (non-hydrogen) atoms. The zero-order valence-corrected chi connectivity index (χ0v) is 21.2. The molecule has 0 unspecified atom stereocenters. The molecule has 0 bridgehead atoms. The average Bonchev–Trinajstić information content (AvgIpc) is 3.59. The fraction of sp³-hybridized carbons (Fsp3) is 0.143. The number of nitrogens with one attached hydrogen (secondary N) is 2. The van der Waals surface area contributed by atoms with Crippen molar-refractivity contribution in [3.05, 3.63) is 89.9 Å². The van der Waals surface area contributed by atoms with Gasteiger partial charge in [0, 0.05) is 11.1 Å². The number of alkyl halides is 3. The number of hydrogen-bond donors (Lipinski definition) is 2. The minimum Gasteiger partial charge on any atom is -0.497 e. The van der Waals surface area contributed by atoms with Crippen LogP contribution in [-0.2, 0) is 10.9 Å². The number of halogens is 3. The van der Waals surface area contributed by atoms with E-state index < -0.39 is 29.3 Å². The highest BCUT2D eigenvalue weighted by molar-refractivity contribution is 6.05. The second kappa shape index (κ2) is 10.6. The van der Waals surface area contributed by atoms with Gasteiger partial charge in [0.1, 0.15) is 5.75 Å². The van der Waals surface area contributed by atoms with Crippen LogP contribution in [0.1, 0.15) is 33.5 Å². The van der Waals surface area contributed by atoms with Crippen LogP contribution in [-0.4, -0.2) is 45.6 Å². The molecule has 0 saturated heterocycles. The Morgan fingerprint density at radius 1 is 1.00 bits per heavy atom. The molecule has 0 saturated carbocycles. The zero-order valence-electron chi connectivity index (χ0n) is 21.2. The number of aromatic nitrogens is 4. The van der Waals surface area contributed by atoms with Crippen molar-refractivity contribution in [2.75, 3.05) is 19.0 Å². The van der Waals surface area contributed by atoms with Crippen LogP contribution in [0.2, 0.25) is 0 Å². The molecule has 0 aliphatic rings. The first-order valence-corrected chi connectivity index (χ1v) is 12.1. The lowest BCUT2D eigenvalue weighted by atomic mass is 10.0. The molecule has 12 heteroatoms. The molecular formula is C28H22F3N5O4. The van der Waals surface area contributed by atoms with Gasteiger partial charge in [-0.2, -0.15) is 23.4 Å². The van der Waals surface area contributed by atoms with Gasteiger partial charge in [-0.25, -0.2) is 9.48 Å². The predicted octanol–water partition coefficient (Wildman–Crippen LogP) is 5.87. The van der Waals surface area contributed by atoms with Crippen LogP contribution in [0, 0.1) is 0 Å². The van der Waals surface area contributed by atoms with Crippen LogP contribution in [0.15, 0.2) is 72.9 Å². The number of carbonyl (C=O) groups is 2. The number of rotatable bonds is 7. The van der Waals surface area contributed by atoms with Gasteiger partial charge in [-0.05, 0) is 66.6 Å². The van der Waals surface area contributed by atoms with Crippen LogP contribution in [0.5, 0.6) is 5.75 Å². The fourth-order valence-corrected chi connectivity index (χ4v) is 4.21. The first-order chi connectivity index (χ1) is 19.2. The van der Waals surface area contributed by atoms with Gasteiger partial charge in [-0.3, -0.25) is 9.89 Å². The van der Waals surface area contributed by atoms with Gasteiger partial charge in [0.05, 0.1) is 36.7 Å². The molecule has 2 aromatic heterocycles. The number of ether oxygens (including phenoxy) is 2. The summed E-state index contributed by atoms with van der Waals surface area (Å²) in [5.74, 6) is -1.01. The summed E-state index contributed by atoms with van der Waals surface area (Å²) in [7, 11) is 1.44. The Balaban J connectivity index is 1.37. The average molecular weight is 550 g/mol. The molecule has 0 fully saturated rings. The van der Waals surface area contributed by atoms with Gasteiger partial charge in [0.25, 0.3) is 5.91 Å². The largest absolute Gasteiger partial charge is 0.497 e. The van der Waals surface area contributed by atoms with Gasteiger partial charge in [0.2, 0.25) is 0 Å². The van der Waals surface area contributed by atoms with E-state index in [4.69, 9.17) is 9.47 Å². The molecule has 2 heterocycles. The van der Waals surface area contributed by atoms with Gasteiger partial charge >= 0.3 is 12.1 Å². The third-order valence-corrected chi connectivity index (χ3v) is 6.11. The number of H-pyrrole nitrogens is 1. The molecule has 9 nitrogen and oxygen atoms in total. The highest BCUT2D eigenvalue weighted by atomic mass is 19.4. The van der Waals surface area contributed by atoms with Crippen molar-refractivity contribution in [2.45, 2.75) is 13.1 Å². The highest BCUT2D eigenvalue weighted by Crippen LogP contribution is 2.34. The maximum atomic E-state index is 14.0. The van der Waals surface area contributed by atoms with Gasteiger partial charge in [-0.1, -0.05) is 18.2 Å². The lowest BCUT2D eigenvalue weighted by Crippen LogP contribution is -2.20. The molecule has 204 valence electrons. The Labute approximate surface area is 225 Å². The number of fused-ring (bicyclic) bond motifs is 1. The van der Waals surface area contributed by atoms with E-state index in [-0.39, 0.29) is 18.0 Å². The Hall–Kier alpha value is -5.13. The number of hydrogen-bond acceptors (Lipinski definition) is 6. The maximum Gasteiger partial charge on any atom is 0.434 e. The second-order valence-electron chi connectivity index (χ2n) is 8.60. The summed E-state index contributed by atoms with van der Waals surface area (Å²) in [6.45, 7) is 1.94. The second-order valence-corrected chi connectivity index (χ2v) is 8.60. The molecule has 5 aromatic rings. The smallest absolute Gasteiger partial charge is 0.434 e. The monoisotopic (exact) mass is 549 g/mol. The van der Waals surface area contributed by atoms with Crippen molar-refractivity contribution in [2.24, 2.45) is 0 Å². The Morgan fingerprint density at radius 3 is 2.35 bits per heavy atom. The number of esters is 1. The van der Waals surface area contributed by atoms with E-state index in [0.717, 1.165) is 17.3 Å². The van der Waals surface area contributed by atoms with Gasteiger partial charge in [0.15, 0.2) is 11.4 Å². The summed E-state index contributed by atoms with van der Waals surface area (Å²) in [6.07, 6.45) is -3.95. The third kappa shape index (κ3) is 5.10. The van der Waals surface area contributed by atoms with Crippen LogP contribution >= 0.6 is 0 Å². The van der Waals surface area contributed by atoms with Crippen molar-refractivity contribution < 1.29 is 32.2 Å². The number of methoxy groups -OCH3 is 1. The minimum atomic E-state index is -4.84. The van der Waals surface area contributed by atoms with Crippen molar-refractivity contribution in [3.8, 4) is 22.6 Å². The standard InChI is InChI=1S/C28H22F3N5O4/c1-3-40-27(38)24-21-13-6-17(14-23(21)34-35-24)16-4-7-18(8-5-16)33-26(37)22-15-32-36(25(22)28(29,30)31)19-9-11-20(39-2)12-10-19/h4-15H,3H2,1-2H3,(H,33,37)(H,34,35). The van der Waals surface area contributed by atoms with Crippen molar-refractivity contribution in [1.29, 1.82) is 0 Å². The summed E-state index contributed by atoms with van der Waals surface area (Å²) < 4.78 is 52.8. The summed E-state index contributed by atoms with van der Waals surface area (Å²) in [6, 6.07) is 17.8.